The van der Waals surface area contributed by atoms with Crippen LogP contribution in [0.5, 0.6) is 0 Å². The van der Waals surface area contributed by atoms with Crippen LogP contribution >= 0.6 is 11.8 Å². The maximum atomic E-state index is 10.6. The number of rotatable bonds is 3. The molecule has 0 amide bonds. The Morgan fingerprint density at radius 3 is 3.00 bits per heavy atom. The first-order valence-electron chi connectivity index (χ1n) is 3.85. The first-order valence-corrected chi connectivity index (χ1v) is 4.67. The van der Waals surface area contributed by atoms with Gasteiger partial charge < -0.3 is 5.11 Å². The van der Waals surface area contributed by atoms with Gasteiger partial charge in [0.05, 0.1) is 0 Å². The number of aromatic carboxylic acids is 1. The van der Waals surface area contributed by atoms with Gasteiger partial charge in [0.1, 0.15) is 6.33 Å². The van der Waals surface area contributed by atoms with Crippen molar-refractivity contribution in [2.45, 2.75) is 10.3 Å². The largest absolute Gasteiger partial charge is 0.477 e. The Labute approximate surface area is 88.0 Å². The molecule has 0 radical (unpaired) electrons. The average molecular weight is 223 g/mol. The van der Waals surface area contributed by atoms with Crippen molar-refractivity contribution in [1.29, 1.82) is 0 Å². The van der Waals surface area contributed by atoms with Crippen LogP contribution in [0.1, 0.15) is 10.5 Å². The van der Waals surface area contributed by atoms with E-state index in [4.69, 9.17) is 5.11 Å². The van der Waals surface area contributed by atoms with Crippen molar-refractivity contribution in [3.05, 3.63) is 24.3 Å². The van der Waals surface area contributed by atoms with Crippen LogP contribution in [0.2, 0.25) is 0 Å². The van der Waals surface area contributed by atoms with Crippen molar-refractivity contribution >= 4 is 17.7 Å². The van der Waals surface area contributed by atoms with E-state index in [9.17, 15) is 4.79 Å². The summed E-state index contributed by atoms with van der Waals surface area (Å²) in [5, 5.41) is 15.8. The maximum absolute atomic E-state index is 10.6. The lowest BCUT2D eigenvalue weighted by molar-refractivity contribution is 0.0689. The number of hydrogen-bond donors (Lipinski definition) is 2. The van der Waals surface area contributed by atoms with E-state index in [1.165, 1.54) is 18.6 Å². The molecule has 2 heterocycles. The third-order valence-corrected chi connectivity index (χ3v) is 2.20. The van der Waals surface area contributed by atoms with E-state index in [2.05, 4.69) is 25.1 Å². The average Bonchev–Trinajstić information content (AvgIpc) is 2.71. The molecule has 0 aromatic carbocycles. The van der Waals surface area contributed by atoms with Crippen molar-refractivity contribution in [1.82, 2.24) is 25.1 Å². The smallest absolute Gasteiger partial charge is 0.354 e. The van der Waals surface area contributed by atoms with Gasteiger partial charge in [0.2, 0.25) is 0 Å². The molecule has 0 unspecified atom stereocenters. The summed E-state index contributed by atoms with van der Waals surface area (Å²) >= 11 is 1.11. The highest BCUT2D eigenvalue weighted by Crippen LogP contribution is 2.19. The molecule has 0 bridgehead atoms. The number of hydrogen-bond acceptors (Lipinski definition) is 6. The number of H-pyrrole nitrogens is 1. The third-order valence-electron chi connectivity index (χ3n) is 1.43. The zero-order valence-corrected chi connectivity index (χ0v) is 8.10. The minimum absolute atomic E-state index is 0.0491. The van der Waals surface area contributed by atoms with Crippen LogP contribution in [-0.2, 0) is 0 Å². The van der Waals surface area contributed by atoms with Crippen LogP contribution < -0.4 is 0 Å². The van der Waals surface area contributed by atoms with Crippen LogP contribution in [0.4, 0.5) is 0 Å². The third kappa shape index (κ3) is 2.29. The van der Waals surface area contributed by atoms with Gasteiger partial charge in [-0.3, -0.25) is 5.10 Å². The fraction of sp³-hybridized carbons (Fsp3) is 0. The van der Waals surface area contributed by atoms with Crippen molar-refractivity contribution in [2.75, 3.05) is 0 Å². The van der Waals surface area contributed by atoms with Gasteiger partial charge in [-0.25, -0.2) is 19.7 Å². The summed E-state index contributed by atoms with van der Waals surface area (Å²) in [7, 11) is 0. The number of carboxylic acids is 1. The fourth-order valence-electron chi connectivity index (χ4n) is 0.839. The number of aromatic nitrogens is 5. The molecule has 76 valence electrons. The number of carbonyl (C=O) groups is 1. The fourth-order valence-corrected chi connectivity index (χ4v) is 1.47. The zero-order chi connectivity index (χ0) is 10.7. The summed E-state index contributed by atoms with van der Waals surface area (Å²) in [4.78, 5) is 22.2. The van der Waals surface area contributed by atoms with E-state index in [1.807, 2.05) is 0 Å². The monoisotopic (exact) mass is 223 g/mol. The van der Waals surface area contributed by atoms with E-state index >= 15 is 0 Å². The highest BCUT2D eigenvalue weighted by Gasteiger charge is 2.08. The van der Waals surface area contributed by atoms with Gasteiger partial charge in [-0.15, -0.1) is 0 Å². The molecule has 0 aliphatic carbocycles. The molecule has 7 nitrogen and oxygen atoms in total. The van der Waals surface area contributed by atoms with Crippen LogP contribution in [0.3, 0.4) is 0 Å². The predicted octanol–water partition coefficient (Wildman–Crippen LogP) is 0.444. The number of aromatic amines is 1. The summed E-state index contributed by atoms with van der Waals surface area (Å²) in [5.74, 6) is -1.09. The van der Waals surface area contributed by atoms with Crippen LogP contribution in [-0.4, -0.2) is 36.2 Å². The Bertz CT molecular complexity index is 472. The molecule has 0 spiro atoms. The normalized spacial score (nSPS) is 10.1. The summed E-state index contributed by atoms with van der Waals surface area (Å²) in [5.41, 5.74) is -0.0491. The molecule has 8 heteroatoms. The Hall–Kier alpha value is -1.96. The lowest BCUT2D eigenvalue weighted by Crippen LogP contribution is -2.01. The minimum atomic E-state index is -1.09. The molecule has 0 saturated heterocycles. The Kier molecular flexibility index (Phi) is 2.59. The molecule has 0 fully saturated rings. The summed E-state index contributed by atoms with van der Waals surface area (Å²) in [6, 6.07) is 1.33. The van der Waals surface area contributed by atoms with E-state index in [-0.39, 0.29) is 5.69 Å². The van der Waals surface area contributed by atoms with E-state index < -0.39 is 5.97 Å². The lowest BCUT2D eigenvalue weighted by atomic mass is 10.4. The Morgan fingerprint density at radius 2 is 2.33 bits per heavy atom. The topological polar surface area (TPSA) is 105 Å². The van der Waals surface area contributed by atoms with Crippen molar-refractivity contribution in [3.63, 3.8) is 0 Å². The Morgan fingerprint density at radius 1 is 1.47 bits per heavy atom. The highest BCUT2D eigenvalue weighted by atomic mass is 32.2. The van der Waals surface area contributed by atoms with Gasteiger partial charge in [0.15, 0.2) is 16.0 Å². The molecule has 0 atom stereocenters. The zero-order valence-electron chi connectivity index (χ0n) is 7.28. The molecular formula is C7H5N5O2S. The van der Waals surface area contributed by atoms with Gasteiger partial charge in [-0.05, 0) is 17.8 Å². The standard InChI is InChI=1S/C7H5N5O2S/c13-5(14)4-1-2-8-6(11-4)15-7-9-3-10-12-7/h1-3H,(H,13,14)(H,9,10,12). The van der Waals surface area contributed by atoms with Crippen LogP contribution in [0, 0.1) is 0 Å². The molecule has 2 aromatic rings. The molecule has 0 saturated carbocycles. The number of nitrogens with zero attached hydrogens (tertiary/aromatic N) is 4. The second kappa shape index (κ2) is 4.05. The summed E-state index contributed by atoms with van der Waals surface area (Å²) in [6.45, 7) is 0. The molecule has 2 aromatic heterocycles. The van der Waals surface area contributed by atoms with E-state index in [0.29, 0.717) is 10.3 Å². The second-order valence-corrected chi connectivity index (χ2v) is 3.38. The lowest BCUT2D eigenvalue weighted by Gasteiger charge is -1.96. The predicted molar refractivity (Wildman–Crippen MR) is 49.5 cm³/mol. The molecule has 2 rings (SSSR count). The van der Waals surface area contributed by atoms with Crippen molar-refractivity contribution in [3.8, 4) is 0 Å². The molecule has 0 aliphatic heterocycles. The molecular weight excluding hydrogens is 218 g/mol. The summed E-state index contributed by atoms with van der Waals surface area (Å²) < 4.78 is 0. The molecule has 2 N–H and O–H groups in total. The molecule has 15 heavy (non-hydrogen) atoms. The first kappa shape index (κ1) is 9.59. The molecule has 0 aliphatic rings. The highest BCUT2D eigenvalue weighted by molar-refractivity contribution is 7.99. The van der Waals surface area contributed by atoms with E-state index in [1.54, 1.807) is 0 Å². The quantitative estimate of drug-likeness (QED) is 0.727. The first-order chi connectivity index (χ1) is 7.25. The number of nitrogens with one attached hydrogen (secondary N) is 1. The van der Waals surface area contributed by atoms with Gasteiger partial charge in [-0.1, -0.05) is 0 Å². The minimum Gasteiger partial charge on any atom is -0.477 e. The maximum Gasteiger partial charge on any atom is 0.354 e. The van der Waals surface area contributed by atoms with Crippen LogP contribution in [0.15, 0.2) is 28.9 Å². The Balaban J connectivity index is 2.22. The SMILES string of the molecule is O=C(O)c1ccnc(Sc2ncn[nH]2)n1. The van der Waals surface area contributed by atoms with Gasteiger partial charge in [0.25, 0.3) is 0 Å². The van der Waals surface area contributed by atoms with Crippen LogP contribution in [0.25, 0.3) is 0 Å². The van der Waals surface area contributed by atoms with Crippen molar-refractivity contribution < 1.29 is 9.90 Å². The summed E-state index contributed by atoms with van der Waals surface area (Å²) in [6.07, 6.45) is 2.73. The number of carboxylic acid groups (broad SMARTS) is 1. The second-order valence-electron chi connectivity index (χ2n) is 2.42. The van der Waals surface area contributed by atoms with Gasteiger partial charge in [-0.2, -0.15) is 5.10 Å². The van der Waals surface area contributed by atoms with Crippen molar-refractivity contribution in [2.24, 2.45) is 0 Å². The van der Waals surface area contributed by atoms with Gasteiger partial charge in [0, 0.05) is 6.20 Å². The van der Waals surface area contributed by atoms with E-state index in [0.717, 1.165) is 11.8 Å². The van der Waals surface area contributed by atoms with Gasteiger partial charge >= 0.3 is 5.97 Å².